The number of hydrogen-bond acceptors (Lipinski definition) is 5. The van der Waals surface area contributed by atoms with Crippen molar-refractivity contribution in [3.63, 3.8) is 0 Å². The van der Waals surface area contributed by atoms with Gasteiger partial charge in [0.05, 0.1) is 19.8 Å². The van der Waals surface area contributed by atoms with E-state index in [1.807, 2.05) is 23.1 Å². The van der Waals surface area contributed by atoms with Gasteiger partial charge >= 0.3 is 0 Å². The third kappa shape index (κ3) is 5.95. The number of benzene rings is 1. The Hall–Kier alpha value is -2.26. The first kappa shape index (κ1) is 19.1. The van der Waals surface area contributed by atoms with Gasteiger partial charge in [-0.3, -0.25) is 4.79 Å². The number of nitrogens with zero attached hydrogens (tertiary/aromatic N) is 2. The molecule has 0 radical (unpaired) electrons. The Balaban J connectivity index is 1.86. The average molecular weight is 345 g/mol. The summed E-state index contributed by atoms with van der Waals surface area (Å²) in [5.74, 6) is 1.64. The average Bonchev–Trinajstić information content (AvgIpc) is 3.02. The zero-order valence-corrected chi connectivity index (χ0v) is 15.1. The van der Waals surface area contributed by atoms with Crippen LogP contribution in [0.1, 0.15) is 38.2 Å². The Morgan fingerprint density at radius 1 is 1.40 bits per heavy atom. The van der Waals surface area contributed by atoms with E-state index in [1.165, 1.54) is 0 Å². The summed E-state index contributed by atoms with van der Waals surface area (Å²) in [5.41, 5.74) is 1.09. The normalized spacial score (nSPS) is 15.1. The number of nitriles is 1. The van der Waals surface area contributed by atoms with E-state index in [4.69, 9.17) is 14.7 Å². The zero-order valence-electron chi connectivity index (χ0n) is 15.1. The van der Waals surface area contributed by atoms with Gasteiger partial charge < -0.3 is 19.7 Å². The van der Waals surface area contributed by atoms with Crippen LogP contribution < -0.4 is 14.8 Å². The van der Waals surface area contributed by atoms with E-state index in [0.717, 1.165) is 25.1 Å². The lowest BCUT2D eigenvalue weighted by Gasteiger charge is -2.22. The van der Waals surface area contributed by atoms with Crippen molar-refractivity contribution < 1.29 is 14.3 Å². The molecule has 25 heavy (non-hydrogen) atoms. The monoisotopic (exact) mass is 345 g/mol. The minimum absolute atomic E-state index is 0.226. The SMILES string of the molecule is COc1ccc(CN[C@@H](C)CN2CCCC2=O)cc1OCCCC#N. The number of carbonyl (C=O) groups is 1. The molecule has 1 amide bonds. The van der Waals surface area contributed by atoms with Gasteiger partial charge in [0.2, 0.25) is 5.91 Å². The van der Waals surface area contributed by atoms with Crippen LogP contribution in [0.4, 0.5) is 0 Å². The van der Waals surface area contributed by atoms with Crippen LogP contribution in [0.5, 0.6) is 11.5 Å². The number of likely N-dealkylation sites (tertiary alicyclic amines) is 1. The lowest BCUT2D eigenvalue weighted by molar-refractivity contribution is -0.127. The van der Waals surface area contributed by atoms with E-state index in [2.05, 4.69) is 18.3 Å². The fourth-order valence-corrected chi connectivity index (χ4v) is 2.86. The summed E-state index contributed by atoms with van der Waals surface area (Å²) in [6, 6.07) is 8.20. The number of methoxy groups -OCH3 is 1. The summed E-state index contributed by atoms with van der Waals surface area (Å²) < 4.78 is 11.1. The molecule has 1 aliphatic rings. The first-order valence-electron chi connectivity index (χ1n) is 8.82. The van der Waals surface area contributed by atoms with Gasteiger partial charge in [-0.15, -0.1) is 0 Å². The molecule has 1 aromatic carbocycles. The van der Waals surface area contributed by atoms with E-state index in [1.54, 1.807) is 7.11 Å². The second kappa shape index (κ2) is 9.90. The van der Waals surface area contributed by atoms with Crippen molar-refractivity contribution in [2.24, 2.45) is 0 Å². The van der Waals surface area contributed by atoms with Crippen molar-refractivity contribution >= 4 is 5.91 Å². The third-order valence-electron chi connectivity index (χ3n) is 4.24. The van der Waals surface area contributed by atoms with Gasteiger partial charge in [-0.2, -0.15) is 5.26 Å². The van der Waals surface area contributed by atoms with Crippen LogP contribution in [0, 0.1) is 11.3 Å². The summed E-state index contributed by atoms with van der Waals surface area (Å²) in [7, 11) is 1.62. The van der Waals surface area contributed by atoms with Crippen LogP contribution >= 0.6 is 0 Å². The minimum atomic E-state index is 0.226. The Morgan fingerprint density at radius 2 is 2.24 bits per heavy atom. The number of carbonyl (C=O) groups excluding carboxylic acids is 1. The summed E-state index contributed by atoms with van der Waals surface area (Å²) in [4.78, 5) is 13.6. The van der Waals surface area contributed by atoms with Crippen LogP contribution in [0.3, 0.4) is 0 Å². The highest BCUT2D eigenvalue weighted by molar-refractivity contribution is 5.78. The number of amides is 1. The molecule has 2 rings (SSSR count). The van der Waals surface area contributed by atoms with Crippen molar-refractivity contribution in [3.8, 4) is 17.6 Å². The predicted molar refractivity (Wildman–Crippen MR) is 95.5 cm³/mol. The Bertz CT molecular complexity index is 612. The maximum atomic E-state index is 11.7. The molecule has 1 atom stereocenters. The van der Waals surface area contributed by atoms with Gasteiger partial charge in [0.25, 0.3) is 0 Å². The molecule has 1 saturated heterocycles. The highest BCUT2D eigenvalue weighted by atomic mass is 16.5. The van der Waals surface area contributed by atoms with Gasteiger partial charge in [-0.25, -0.2) is 0 Å². The highest BCUT2D eigenvalue weighted by Crippen LogP contribution is 2.28. The van der Waals surface area contributed by atoms with Gasteiger partial charge in [0, 0.05) is 38.5 Å². The summed E-state index contributed by atoms with van der Waals surface area (Å²) in [6.07, 6.45) is 2.83. The molecule has 0 aromatic heterocycles. The molecule has 1 aromatic rings. The number of hydrogen-bond donors (Lipinski definition) is 1. The Labute approximate surface area is 149 Å². The van der Waals surface area contributed by atoms with Crippen LogP contribution in [-0.4, -0.2) is 43.7 Å². The van der Waals surface area contributed by atoms with Gasteiger partial charge in [-0.1, -0.05) is 6.07 Å². The van der Waals surface area contributed by atoms with Crippen LogP contribution in [0.2, 0.25) is 0 Å². The van der Waals surface area contributed by atoms with Crippen LogP contribution in [-0.2, 0) is 11.3 Å². The Morgan fingerprint density at radius 3 is 2.92 bits per heavy atom. The molecule has 0 spiro atoms. The lowest BCUT2D eigenvalue weighted by Crippen LogP contribution is -2.39. The maximum Gasteiger partial charge on any atom is 0.222 e. The molecule has 136 valence electrons. The van der Waals surface area contributed by atoms with Crippen molar-refractivity contribution in [1.82, 2.24) is 10.2 Å². The van der Waals surface area contributed by atoms with E-state index < -0.39 is 0 Å². The predicted octanol–water partition coefficient (Wildman–Crippen LogP) is 2.48. The first-order chi connectivity index (χ1) is 12.1. The Kier molecular flexibility index (Phi) is 7.55. The molecule has 1 heterocycles. The second-order valence-electron chi connectivity index (χ2n) is 6.32. The largest absolute Gasteiger partial charge is 0.493 e. The molecule has 6 nitrogen and oxygen atoms in total. The maximum absolute atomic E-state index is 11.7. The number of ether oxygens (including phenoxy) is 2. The fourth-order valence-electron chi connectivity index (χ4n) is 2.86. The quantitative estimate of drug-likeness (QED) is 0.660. The van der Waals surface area contributed by atoms with Gasteiger partial charge in [0.15, 0.2) is 11.5 Å². The van der Waals surface area contributed by atoms with E-state index >= 15 is 0 Å². The molecule has 1 aliphatic heterocycles. The molecule has 0 aliphatic carbocycles. The summed E-state index contributed by atoms with van der Waals surface area (Å²) in [6.45, 7) is 4.89. The van der Waals surface area contributed by atoms with E-state index in [-0.39, 0.29) is 11.9 Å². The molecule has 0 saturated carbocycles. The van der Waals surface area contributed by atoms with Crippen LogP contribution in [0.25, 0.3) is 0 Å². The van der Waals surface area contributed by atoms with Gasteiger partial charge in [0.1, 0.15) is 0 Å². The van der Waals surface area contributed by atoms with Crippen molar-refractivity contribution in [2.45, 2.75) is 45.2 Å². The molecule has 0 unspecified atom stereocenters. The number of rotatable bonds is 10. The molecule has 0 bridgehead atoms. The molecule has 6 heteroatoms. The van der Waals surface area contributed by atoms with E-state index in [9.17, 15) is 4.79 Å². The number of nitrogens with one attached hydrogen (secondary N) is 1. The topological polar surface area (TPSA) is 74.6 Å². The van der Waals surface area contributed by atoms with Crippen LogP contribution in [0.15, 0.2) is 18.2 Å². The summed E-state index contributed by atoms with van der Waals surface area (Å²) in [5, 5.41) is 12.0. The standard InChI is InChI=1S/C19H27N3O3/c1-15(14-22-10-5-6-19(22)23)21-13-16-7-8-17(24-2)18(12-16)25-11-4-3-9-20/h7-8,12,15,21H,3-6,10-11,13-14H2,1-2H3/t15-/m0/s1. The van der Waals surface area contributed by atoms with Crippen molar-refractivity contribution in [3.05, 3.63) is 23.8 Å². The van der Waals surface area contributed by atoms with E-state index in [0.29, 0.717) is 43.9 Å². The lowest BCUT2D eigenvalue weighted by atomic mass is 10.2. The first-order valence-corrected chi connectivity index (χ1v) is 8.82. The molecular weight excluding hydrogens is 318 g/mol. The summed E-state index contributed by atoms with van der Waals surface area (Å²) >= 11 is 0. The second-order valence-corrected chi connectivity index (χ2v) is 6.32. The molecule has 1 fully saturated rings. The number of unbranched alkanes of at least 4 members (excludes halogenated alkanes) is 1. The molecular formula is C19H27N3O3. The zero-order chi connectivity index (χ0) is 18.1. The highest BCUT2D eigenvalue weighted by Gasteiger charge is 2.21. The van der Waals surface area contributed by atoms with Gasteiger partial charge in [-0.05, 0) is 37.5 Å². The van der Waals surface area contributed by atoms with Crippen molar-refractivity contribution in [1.29, 1.82) is 5.26 Å². The smallest absolute Gasteiger partial charge is 0.222 e. The fraction of sp³-hybridized carbons (Fsp3) is 0.579. The minimum Gasteiger partial charge on any atom is -0.493 e. The third-order valence-corrected chi connectivity index (χ3v) is 4.24. The van der Waals surface area contributed by atoms with Crippen molar-refractivity contribution in [2.75, 3.05) is 26.8 Å². The molecule has 1 N–H and O–H groups in total.